The highest BCUT2D eigenvalue weighted by atomic mass is 32.3. The average Bonchev–Trinajstić information content (AvgIpc) is 2.75. The lowest BCUT2D eigenvalue weighted by Gasteiger charge is -2.10. The zero-order chi connectivity index (χ0) is 21.7. The van der Waals surface area contributed by atoms with E-state index in [2.05, 4.69) is 74.4 Å². The fourth-order valence-electron chi connectivity index (χ4n) is 3.29. The molecule has 4 rings (SSSR count). The van der Waals surface area contributed by atoms with Gasteiger partial charge >= 0.3 is 0 Å². The van der Waals surface area contributed by atoms with Crippen LogP contribution < -0.4 is 4.57 Å². The zero-order valence-corrected chi connectivity index (χ0v) is 17.1. The Morgan fingerprint density at radius 1 is 0.933 bits per heavy atom. The maximum absolute atomic E-state index is 9.22. The van der Waals surface area contributed by atoms with E-state index in [1.807, 2.05) is 24.3 Å². The molecule has 0 atom stereocenters. The minimum absolute atomic E-state index is 0.622. The maximum atomic E-state index is 9.22. The van der Waals surface area contributed by atoms with Crippen molar-refractivity contribution in [1.29, 1.82) is 0 Å². The molecule has 3 aromatic carbocycles. The number of azide groups is 1. The van der Waals surface area contributed by atoms with Crippen LogP contribution in [-0.2, 0) is 21.6 Å². The molecule has 1 heterocycles. The molecule has 0 bridgehead atoms. The topological polar surface area (TPSA) is 119 Å². The Morgan fingerprint density at radius 2 is 1.40 bits per heavy atom. The smallest absolute Gasteiger partial charge is 0.217 e. The van der Waals surface area contributed by atoms with E-state index in [4.69, 9.17) is 5.53 Å². The van der Waals surface area contributed by atoms with E-state index in [-0.39, 0.29) is 0 Å². The van der Waals surface area contributed by atoms with Gasteiger partial charge in [-0.25, -0.2) is 8.42 Å². The van der Waals surface area contributed by atoms with Crippen molar-refractivity contribution < 1.29 is 21.7 Å². The largest absolute Gasteiger partial charge is 0.726 e. The highest BCUT2D eigenvalue weighted by molar-refractivity contribution is 7.80. The number of pyridine rings is 1. The van der Waals surface area contributed by atoms with E-state index in [0.717, 1.165) is 12.7 Å². The first-order valence-electron chi connectivity index (χ1n) is 8.82. The van der Waals surface area contributed by atoms with Crippen LogP contribution in [0.1, 0.15) is 0 Å². The van der Waals surface area contributed by atoms with Crippen LogP contribution in [0.15, 0.2) is 77.9 Å². The fourth-order valence-corrected chi connectivity index (χ4v) is 3.29. The highest BCUT2D eigenvalue weighted by Crippen LogP contribution is 2.34. The van der Waals surface area contributed by atoms with Gasteiger partial charge in [-0.05, 0) is 23.2 Å². The molecule has 1 aromatic heterocycles. The quantitative estimate of drug-likeness (QED) is 0.0917. The molecule has 0 saturated carbocycles. The van der Waals surface area contributed by atoms with Gasteiger partial charge in [-0.1, -0.05) is 53.6 Å². The van der Waals surface area contributed by atoms with Crippen LogP contribution in [0, 0.1) is 0 Å². The molecule has 0 N–H and O–H groups in total. The van der Waals surface area contributed by atoms with Crippen molar-refractivity contribution in [3.63, 3.8) is 0 Å². The van der Waals surface area contributed by atoms with Crippen molar-refractivity contribution in [3.8, 4) is 11.1 Å². The SMILES string of the molecule is COS(=O)(=O)[O-].C[n+]1c2ccccc2c(-c2ccc(N=[N+]=[N-])cc2)c2ccccc21. The van der Waals surface area contributed by atoms with Crippen LogP contribution in [0.5, 0.6) is 0 Å². The van der Waals surface area contributed by atoms with Crippen LogP contribution >= 0.6 is 0 Å². The van der Waals surface area contributed by atoms with Crippen molar-refractivity contribution in [2.75, 3.05) is 7.11 Å². The highest BCUT2D eigenvalue weighted by Gasteiger charge is 2.18. The number of hydrogen-bond donors (Lipinski definition) is 0. The van der Waals surface area contributed by atoms with Gasteiger partial charge in [0.15, 0.2) is 0 Å². The molecule has 4 aromatic rings. The van der Waals surface area contributed by atoms with Crippen molar-refractivity contribution in [1.82, 2.24) is 0 Å². The number of aromatic nitrogens is 1. The molecule has 0 saturated heterocycles. The minimum atomic E-state index is -4.41. The molecule has 152 valence electrons. The van der Waals surface area contributed by atoms with Gasteiger partial charge in [0.1, 0.15) is 7.05 Å². The summed E-state index contributed by atoms with van der Waals surface area (Å²) in [6, 6.07) is 24.6. The van der Waals surface area contributed by atoms with Gasteiger partial charge in [-0.2, -0.15) is 4.57 Å². The molecule has 0 fully saturated rings. The molecular formula is C21H18N4O4S. The summed E-state index contributed by atoms with van der Waals surface area (Å²) in [6.07, 6.45) is 0. The first kappa shape index (κ1) is 21.2. The van der Waals surface area contributed by atoms with Crippen molar-refractivity contribution in [3.05, 3.63) is 83.2 Å². The lowest BCUT2D eigenvalue weighted by atomic mass is 9.95. The van der Waals surface area contributed by atoms with E-state index in [1.54, 1.807) is 0 Å². The second-order valence-corrected chi connectivity index (χ2v) is 7.43. The van der Waals surface area contributed by atoms with Crippen molar-refractivity contribution in [2.45, 2.75) is 0 Å². The van der Waals surface area contributed by atoms with E-state index in [1.165, 1.54) is 27.4 Å². The van der Waals surface area contributed by atoms with E-state index >= 15 is 0 Å². The molecule has 0 spiro atoms. The third kappa shape index (κ3) is 4.56. The van der Waals surface area contributed by atoms with Crippen molar-refractivity contribution in [2.24, 2.45) is 12.2 Å². The maximum Gasteiger partial charge on any atom is 0.217 e. The molecule has 0 radical (unpaired) electrons. The van der Waals surface area contributed by atoms with Crippen LogP contribution in [0.4, 0.5) is 5.69 Å². The number of rotatable bonds is 3. The summed E-state index contributed by atoms with van der Waals surface area (Å²) in [5.74, 6) is 0. The molecule has 0 aliphatic heterocycles. The van der Waals surface area contributed by atoms with Gasteiger partial charge in [0, 0.05) is 28.3 Å². The van der Waals surface area contributed by atoms with E-state index in [9.17, 15) is 13.0 Å². The Hall–Kier alpha value is -3.49. The third-order valence-corrected chi connectivity index (χ3v) is 5.00. The number of fused-ring (bicyclic) bond motifs is 2. The van der Waals surface area contributed by atoms with Crippen LogP contribution in [0.3, 0.4) is 0 Å². The molecule has 0 unspecified atom stereocenters. The first-order valence-corrected chi connectivity index (χ1v) is 10.2. The zero-order valence-electron chi connectivity index (χ0n) is 16.3. The van der Waals surface area contributed by atoms with Crippen molar-refractivity contribution >= 4 is 37.9 Å². The number of aryl methyl sites for hydroxylation is 1. The standard InChI is InChI=1S/C20H15N4.CH4O4S/c1-24-18-8-4-2-6-16(18)20(17-7-3-5-9-19(17)24)14-10-12-15(13-11-14)22-23-21;1-5-6(2,3)4/h2-13H,1H3;1H3,(H,2,3,4)/q+1;/p-1. The molecule has 0 aliphatic rings. The third-order valence-electron chi connectivity index (χ3n) is 4.59. The van der Waals surface area contributed by atoms with Gasteiger partial charge in [-0.15, -0.1) is 0 Å². The lowest BCUT2D eigenvalue weighted by molar-refractivity contribution is -0.617. The van der Waals surface area contributed by atoms with Crippen LogP contribution in [-0.4, -0.2) is 20.1 Å². The minimum Gasteiger partial charge on any atom is -0.726 e. The monoisotopic (exact) mass is 422 g/mol. The number of nitrogens with zero attached hydrogens (tertiary/aromatic N) is 4. The number of hydrogen-bond acceptors (Lipinski definition) is 5. The second kappa shape index (κ2) is 8.89. The van der Waals surface area contributed by atoms with Gasteiger partial charge in [0.25, 0.3) is 0 Å². The molecular weight excluding hydrogens is 404 g/mol. The Morgan fingerprint density at radius 3 is 1.83 bits per heavy atom. The van der Waals surface area contributed by atoms with E-state index < -0.39 is 10.4 Å². The molecule has 9 heteroatoms. The molecule has 8 nitrogen and oxygen atoms in total. The Bertz CT molecular complexity index is 1310. The van der Waals surface area contributed by atoms with E-state index in [0.29, 0.717) is 5.69 Å². The van der Waals surface area contributed by atoms with Crippen LogP contribution in [0.2, 0.25) is 0 Å². The number of para-hydroxylation sites is 2. The Balaban J connectivity index is 0.000000377. The van der Waals surface area contributed by atoms with Crippen LogP contribution in [0.25, 0.3) is 43.4 Å². The number of benzene rings is 3. The molecule has 30 heavy (non-hydrogen) atoms. The van der Waals surface area contributed by atoms with Gasteiger partial charge in [-0.3, -0.25) is 4.18 Å². The van der Waals surface area contributed by atoms with Gasteiger partial charge in [0.05, 0.1) is 17.9 Å². The predicted octanol–water partition coefficient (Wildman–Crippen LogP) is 4.52. The normalized spacial score (nSPS) is 10.9. The molecule has 0 aliphatic carbocycles. The van der Waals surface area contributed by atoms with Gasteiger partial charge in [0.2, 0.25) is 21.4 Å². The summed E-state index contributed by atoms with van der Waals surface area (Å²) in [5.41, 5.74) is 13.9. The average molecular weight is 422 g/mol. The lowest BCUT2D eigenvalue weighted by Crippen LogP contribution is -2.30. The van der Waals surface area contributed by atoms with Gasteiger partial charge < -0.3 is 4.55 Å². The summed E-state index contributed by atoms with van der Waals surface area (Å²) < 4.78 is 33.2. The predicted molar refractivity (Wildman–Crippen MR) is 114 cm³/mol. The summed E-state index contributed by atoms with van der Waals surface area (Å²) in [6.45, 7) is 0. The molecule has 0 amide bonds. The fraction of sp³-hybridized carbons (Fsp3) is 0.0952. The second-order valence-electron chi connectivity index (χ2n) is 6.28. The Kier molecular flexibility index (Phi) is 6.29. The summed E-state index contributed by atoms with van der Waals surface area (Å²) in [4.78, 5) is 2.84. The summed E-state index contributed by atoms with van der Waals surface area (Å²) in [7, 11) is -1.51. The summed E-state index contributed by atoms with van der Waals surface area (Å²) in [5, 5.41) is 6.06. The summed E-state index contributed by atoms with van der Waals surface area (Å²) >= 11 is 0. The first-order chi connectivity index (χ1) is 14.4. The Labute approximate surface area is 173 Å².